The molecule has 0 radical (unpaired) electrons. The maximum atomic E-state index is 12.1. The van der Waals surface area contributed by atoms with E-state index in [1.807, 2.05) is 11.9 Å². The summed E-state index contributed by atoms with van der Waals surface area (Å²) in [5, 5.41) is 0. The average Bonchev–Trinajstić information content (AvgIpc) is 3.38. The first-order valence-corrected chi connectivity index (χ1v) is 8.01. The maximum absolute atomic E-state index is 12.1. The molecule has 1 aliphatic carbocycles. The van der Waals surface area contributed by atoms with Gasteiger partial charge >= 0.3 is 0 Å². The molecule has 2 heterocycles. The number of anilines is 1. The van der Waals surface area contributed by atoms with Crippen molar-refractivity contribution in [3.05, 3.63) is 18.1 Å². The zero-order valence-electron chi connectivity index (χ0n) is 13.0. The number of nitrogens with zero attached hydrogens (tertiary/aromatic N) is 4. The molecule has 0 aromatic carbocycles. The minimum absolute atomic E-state index is 0.321. The summed E-state index contributed by atoms with van der Waals surface area (Å²) in [5.74, 6) is 1.70. The fourth-order valence-electron chi connectivity index (χ4n) is 3.03. The summed E-state index contributed by atoms with van der Waals surface area (Å²) >= 11 is 0. The normalized spacial score (nSPS) is 19.6. The van der Waals surface area contributed by atoms with E-state index >= 15 is 0 Å². The van der Waals surface area contributed by atoms with Crippen LogP contribution in [-0.4, -0.2) is 47.0 Å². The van der Waals surface area contributed by atoms with Crippen LogP contribution in [0.5, 0.6) is 0 Å². The second-order valence-corrected chi connectivity index (χ2v) is 6.16. The lowest BCUT2D eigenvalue weighted by Crippen LogP contribution is -2.46. The van der Waals surface area contributed by atoms with E-state index in [1.165, 1.54) is 0 Å². The first kappa shape index (κ1) is 14.3. The summed E-state index contributed by atoms with van der Waals surface area (Å²) in [4.78, 5) is 25.1. The van der Waals surface area contributed by atoms with Crippen molar-refractivity contribution >= 4 is 11.7 Å². The van der Waals surface area contributed by atoms with Gasteiger partial charge in [-0.25, -0.2) is 9.97 Å². The van der Waals surface area contributed by atoms with Crippen molar-refractivity contribution in [2.24, 2.45) is 5.92 Å². The van der Waals surface area contributed by atoms with Gasteiger partial charge < -0.3 is 9.80 Å². The fraction of sp³-hybridized carbons (Fsp3) is 0.688. The zero-order valence-corrected chi connectivity index (χ0v) is 13.0. The minimum atomic E-state index is 0.321. The van der Waals surface area contributed by atoms with Crippen LogP contribution in [0.1, 0.15) is 38.3 Å². The Balaban J connectivity index is 1.58. The summed E-state index contributed by atoms with van der Waals surface area (Å²) in [6, 6.07) is 2.47. The molecule has 1 saturated carbocycles. The van der Waals surface area contributed by atoms with E-state index in [0.29, 0.717) is 17.9 Å². The van der Waals surface area contributed by atoms with Crippen LogP contribution in [0.4, 0.5) is 5.82 Å². The SMILES string of the molecule is CCc1cc(N2CCC(N(C)C(=O)C3CC3)CC2)ncn1. The highest BCUT2D eigenvalue weighted by molar-refractivity contribution is 5.81. The first-order chi connectivity index (χ1) is 10.2. The van der Waals surface area contributed by atoms with Crippen molar-refractivity contribution in [3.8, 4) is 0 Å². The monoisotopic (exact) mass is 288 g/mol. The van der Waals surface area contributed by atoms with Crippen LogP contribution in [0, 0.1) is 5.92 Å². The lowest BCUT2D eigenvalue weighted by atomic mass is 10.0. The number of carbonyl (C=O) groups is 1. The molecule has 1 saturated heterocycles. The van der Waals surface area contributed by atoms with Gasteiger partial charge in [0.1, 0.15) is 12.1 Å². The molecule has 5 heteroatoms. The molecule has 0 bridgehead atoms. The third-order valence-electron chi connectivity index (χ3n) is 4.68. The van der Waals surface area contributed by atoms with Gasteiger partial charge in [-0.2, -0.15) is 0 Å². The lowest BCUT2D eigenvalue weighted by molar-refractivity contribution is -0.133. The number of carbonyl (C=O) groups excluding carboxylic acids is 1. The first-order valence-electron chi connectivity index (χ1n) is 8.01. The van der Waals surface area contributed by atoms with E-state index in [-0.39, 0.29) is 0 Å². The second-order valence-electron chi connectivity index (χ2n) is 6.16. The van der Waals surface area contributed by atoms with Gasteiger partial charge in [0, 0.05) is 43.9 Å². The van der Waals surface area contributed by atoms with E-state index in [1.54, 1.807) is 6.33 Å². The highest BCUT2D eigenvalue weighted by Crippen LogP contribution is 2.32. The summed E-state index contributed by atoms with van der Waals surface area (Å²) in [6.07, 6.45) is 6.82. The molecule has 0 N–H and O–H groups in total. The fourth-order valence-corrected chi connectivity index (χ4v) is 3.03. The van der Waals surface area contributed by atoms with E-state index in [4.69, 9.17) is 0 Å². The van der Waals surface area contributed by atoms with Crippen molar-refractivity contribution in [1.82, 2.24) is 14.9 Å². The molecule has 2 fully saturated rings. The highest BCUT2D eigenvalue weighted by atomic mass is 16.2. The number of aryl methyl sites for hydroxylation is 1. The molecular weight excluding hydrogens is 264 g/mol. The third-order valence-corrected chi connectivity index (χ3v) is 4.68. The van der Waals surface area contributed by atoms with Crippen molar-refractivity contribution in [2.45, 2.75) is 45.1 Å². The molecule has 114 valence electrons. The number of hydrogen-bond donors (Lipinski definition) is 0. The average molecular weight is 288 g/mol. The molecule has 1 aromatic heterocycles. The quantitative estimate of drug-likeness (QED) is 0.849. The highest BCUT2D eigenvalue weighted by Gasteiger charge is 2.35. The predicted molar refractivity (Wildman–Crippen MR) is 82.1 cm³/mol. The summed E-state index contributed by atoms with van der Waals surface area (Å²) in [5.41, 5.74) is 1.09. The number of amides is 1. The molecule has 1 aromatic rings. The van der Waals surface area contributed by atoms with Gasteiger partial charge in [-0.05, 0) is 32.1 Å². The number of hydrogen-bond acceptors (Lipinski definition) is 4. The summed E-state index contributed by atoms with van der Waals surface area (Å²) in [7, 11) is 1.97. The van der Waals surface area contributed by atoms with Gasteiger partial charge in [-0.3, -0.25) is 4.79 Å². The van der Waals surface area contributed by atoms with E-state index in [9.17, 15) is 4.79 Å². The van der Waals surface area contributed by atoms with Crippen LogP contribution in [0.2, 0.25) is 0 Å². The largest absolute Gasteiger partial charge is 0.356 e. The molecule has 1 amide bonds. The summed E-state index contributed by atoms with van der Waals surface area (Å²) < 4.78 is 0. The Morgan fingerprint density at radius 1 is 1.29 bits per heavy atom. The van der Waals surface area contributed by atoms with Gasteiger partial charge in [0.2, 0.25) is 5.91 Å². The van der Waals surface area contributed by atoms with Gasteiger partial charge in [0.05, 0.1) is 0 Å². The van der Waals surface area contributed by atoms with Crippen LogP contribution >= 0.6 is 0 Å². The molecular formula is C16H24N4O. The Labute approximate surface area is 126 Å². The topological polar surface area (TPSA) is 49.3 Å². The van der Waals surface area contributed by atoms with Crippen molar-refractivity contribution < 1.29 is 4.79 Å². The third kappa shape index (κ3) is 3.17. The molecule has 5 nitrogen and oxygen atoms in total. The van der Waals surface area contributed by atoms with E-state index < -0.39 is 0 Å². The van der Waals surface area contributed by atoms with Crippen LogP contribution in [-0.2, 0) is 11.2 Å². The Bertz CT molecular complexity index is 507. The predicted octanol–water partition coefficient (Wildman–Crippen LogP) is 1.88. The number of piperidine rings is 1. The van der Waals surface area contributed by atoms with Crippen molar-refractivity contribution in [3.63, 3.8) is 0 Å². The Morgan fingerprint density at radius 3 is 2.62 bits per heavy atom. The molecule has 0 atom stereocenters. The Kier molecular flexibility index (Phi) is 4.08. The van der Waals surface area contributed by atoms with E-state index in [2.05, 4.69) is 27.9 Å². The van der Waals surface area contributed by atoms with Gasteiger partial charge in [0.25, 0.3) is 0 Å². The molecule has 21 heavy (non-hydrogen) atoms. The van der Waals surface area contributed by atoms with Gasteiger partial charge in [-0.15, -0.1) is 0 Å². The van der Waals surface area contributed by atoms with Gasteiger partial charge in [0.15, 0.2) is 0 Å². The Morgan fingerprint density at radius 2 is 2.00 bits per heavy atom. The molecule has 1 aliphatic heterocycles. The van der Waals surface area contributed by atoms with Crippen LogP contribution in [0.3, 0.4) is 0 Å². The molecule has 0 spiro atoms. The standard InChI is InChI=1S/C16H24N4O/c1-3-13-10-15(18-11-17-13)20-8-6-14(7-9-20)19(2)16(21)12-4-5-12/h10-12,14H,3-9H2,1-2H3. The van der Waals surface area contributed by atoms with Crippen molar-refractivity contribution in [1.29, 1.82) is 0 Å². The van der Waals surface area contributed by atoms with Gasteiger partial charge in [-0.1, -0.05) is 6.92 Å². The van der Waals surface area contributed by atoms with Crippen molar-refractivity contribution in [2.75, 3.05) is 25.0 Å². The smallest absolute Gasteiger partial charge is 0.225 e. The molecule has 0 unspecified atom stereocenters. The lowest BCUT2D eigenvalue weighted by Gasteiger charge is -2.37. The van der Waals surface area contributed by atoms with E-state index in [0.717, 1.165) is 56.7 Å². The van der Waals surface area contributed by atoms with Crippen LogP contribution in [0.25, 0.3) is 0 Å². The maximum Gasteiger partial charge on any atom is 0.225 e. The minimum Gasteiger partial charge on any atom is -0.356 e. The second kappa shape index (κ2) is 6.00. The molecule has 2 aliphatic rings. The molecule has 3 rings (SSSR count). The summed E-state index contributed by atoms with van der Waals surface area (Å²) in [6.45, 7) is 4.04. The number of rotatable bonds is 4. The zero-order chi connectivity index (χ0) is 14.8. The van der Waals surface area contributed by atoms with Crippen LogP contribution < -0.4 is 4.90 Å². The Hall–Kier alpha value is -1.65. The number of aromatic nitrogens is 2. The van der Waals surface area contributed by atoms with Crippen LogP contribution in [0.15, 0.2) is 12.4 Å².